The lowest BCUT2D eigenvalue weighted by molar-refractivity contribution is -0.126. The number of hydrogen-bond donors (Lipinski definition) is 3. The van der Waals surface area contributed by atoms with Crippen molar-refractivity contribution < 1.29 is 9.90 Å². The van der Waals surface area contributed by atoms with E-state index >= 15 is 0 Å². The van der Waals surface area contributed by atoms with Gasteiger partial charge in [-0.2, -0.15) is 0 Å². The highest BCUT2D eigenvalue weighted by molar-refractivity contribution is 5.78. The van der Waals surface area contributed by atoms with E-state index in [4.69, 9.17) is 0 Å². The van der Waals surface area contributed by atoms with Gasteiger partial charge in [0.2, 0.25) is 5.91 Å². The maximum atomic E-state index is 12.1. The summed E-state index contributed by atoms with van der Waals surface area (Å²) in [6.45, 7) is 7.91. The largest absolute Gasteiger partial charge is 0.396 e. The van der Waals surface area contributed by atoms with Crippen LogP contribution in [0.3, 0.4) is 0 Å². The molecule has 1 saturated heterocycles. The molecule has 0 aliphatic carbocycles. The molecule has 3 N–H and O–H groups in total. The van der Waals surface area contributed by atoms with Gasteiger partial charge in [0.1, 0.15) is 0 Å². The molecule has 0 bridgehead atoms. The van der Waals surface area contributed by atoms with Crippen molar-refractivity contribution >= 4 is 5.91 Å². The van der Waals surface area contributed by atoms with Crippen LogP contribution >= 0.6 is 0 Å². The monoisotopic (exact) mass is 256 g/mol. The molecule has 1 amide bonds. The molecule has 0 aromatic heterocycles. The first-order valence-electron chi connectivity index (χ1n) is 7.19. The molecule has 106 valence electrons. The Morgan fingerprint density at radius 1 is 1.44 bits per heavy atom. The highest BCUT2D eigenvalue weighted by Crippen LogP contribution is 2.25. The average molecular weight is 256 g/mol. The third-order valence-electron chi connectivity index (χ3n) is 4.47. The number of carbonyl (C=O) groups excluding carboxylic acids is 1. The van der Waals surface area contributed by atoms with E-state index in [9.17, 15) is 9.90 Å². The van der Waals surface area contributed by atoms with E-state index in [1.807, 2.05) is 0 Å². The summed E-state index contributed by atoms with van der Waals surface area (Å²) < 4.78 is 0. The normalized spacial score (nSPS) is 24.9. The number of aliphatic hydroxyl groups excluding tert-OH is 1. The van der Waals surface area contributed by atoms with E-state index in [1.54, 1.807) is 0 Å². The zero-order chi connectivity index (χ0) is 13.6. The Labute approximate surface area is 111 Å². The van der Waals surface area contributed by atoms with Gasteiger partial charge in [0.15, 0.2) is 0 Å². The Morgan fingerprint density at radius 2 is 2.11 bits per heavy atom. The van der Waals surface area contributed by atoms with Crippen molar-refractivity contribution in [3.05, 3.63) is 0 Å². The van der Waals surface area contributed by atoms with Crippen molar-refractivity contribution in [2.75, 3.05) is 19.7 Å². The van der Waals surface area contributed by atoms with Gasteiger partial charge in [-0.3, -0.25) is 4.79 Å². The van der Waals surface area contributed by atoms with Crippen LogP contribution in [0.25, 0.3) is 0 Å². The molecule has 1 heterocycles. The van der Waals surface area contributed by atoms with Crippen LogP contribution in [-0.4, -0.2) is 36.8 Å². The second-order valence-electron chi connectivity index (χ2n) is 5.66. The summed E-state index contributed by atoms with van der Waals surface area (Å²) in [5.74, 6) is 0.287. The van der Waals surface area contributed by atoms with Gasteiger partial charge in [-0.25, -0.2) is 0 Å². The Balaban J connectivity index is 2.44. The van der Waals surface area contributed by atoms with Crippen molar-refractivity contribution in [3.63, 3.8) is 0 Å². The SMILES string of the molecule is CCC(CC)(CO)CNC(=O)[C@H]1CCN[C@@H](C)C1. The molecule has 4 heteroatoms. The van der Waals surface area contributed by atoms with Crippen molar-refractivity contribution in [1.82, 2.24) is 10.6 Å². The van der Waals surface area contributed by atoms with Crippen molar-refractivity contribution in [1.29, 1.82) is 0 Å². The van der Waals surface area contributed by atoms with Crippen LogP contribution in [0, 0.1) is 11.3 Å². The molecule has 1 aliphatic heterocycles. The first kappa shape index (κ1) is 15.4. The lowest BCUT2D eigenvalue weighted by atomic mass is 9.83. The first-order valence-corrected chi connectivity index (χ1v) is 7.19. The Kier molecular flexibility index (Phi) is 6.09. The molecule has 1 fully saturated rings. The van der Waals surface area contributed by atoms with Gasteiger partial charge in [-0.1, -0.05) is 13.8 Å². The predicted molar refractivity (Wildman–Crippen MR) is 73.3 cm³/mol. The molecule has 1 rings (SSSR count). The number of nitrogens with one attached hydrogen (secondary N) is 2. The molecule has 1 aliphatic rings. The summed E-state index contributed by atoms with van der Waals surface area (Å²) in [6, 6.07) is 0.425. The van der Waals surface area contributed by atoms with Crippen LogP contribution in [-0.2, 0) is 4.79 Å². The van der Waals surface area contributed by atoms with Crippen molar-refractivity contribution in [2.45, 2.75) is 52.5 Å². The summed E-state index contributed by atoms with van der Waals surface area (Å²) in [5, 5.41) is 15.9. The standard InChI is InChI=1S/C14H28N2O2/c1-4-14(5-2,10-17)9-16-13(18)12-6-7-15-11(3)8-12/h11-12,15,17H,4-10H2,1-3H3,(H,16,18)/t11-,12-/m0/s1. The van der Waals surface area contributed by atoms with Gasteiger partial charge in [-0.05, 0) is 39.2 Å². The van der Waals surface area contributed by atoms with Crippen LogP contribution in [0.5, 0.6) is 0 Å². The Bertz CT molecular complexity index is 256. The molecule has 2 atom stereocenters. The highest BCUT2D eigenvalue weighted by Gasteiger charge is 2.29. The number of carbonyl (C=O) groups is 1. The fraction of sp³-hybridized carbons (Fsp3) is 0.929. The van der Waals surface area contributed by atoms with Crippen molar-refractivity contribution in [3.8, 4) is 0 Å². The second-order valence-corrected chi connectivity index (χ2v) is 5.66. The Morgan fingerprint density at radius 3 is 2.61 bits per heavy atom. The zero-order valence-corrected chi connectivity index (χ0v) is 12.0. The third-order valence-corrected chi connectivity index (χ3v) is 4.47. The van der Waals surface area contributed by atoms with Gasteiger partial charge >= 0.3 is 0 Å². The molecule has 0 aromatic rings. The molecule has 4 nitrogen and oxygen atoms in total. The summed E-state index contributed by atoms with van der Waals surface area (Å²) >= 11 is 0. The van der Waals surface area contributed by atoms with Crippen LogP contribution in [0.2, 0.25) is 0 Å². The number of hydrogen-bond acceptors (Lipinski definition) is 3. The molecule has 0 saturated carbocycles. The quantitative estimate of drug-likeness (QED) is 0.671. The van der Waals surface area contributed by atoms with E-state index < -0.39 is 0 Å². The Hall–Kier alpha value is -0.610. The van der Waals surface area contributed by atoms with E-state index in [-0.39, 0.29) is 23.8 Å². The minimum atomic E-state index is -0.145. The number of piperidine rings is 1. The third kappa shape index (κ3) is 3.95. The fourth-order valence-electron chi connectivity index (χ4n) is 2.57. The summed E-state index contributed by atoms with van der Waals surface area (Å²) in [5.41, 5.74) is -0.145. The van der Waals surface area contributed by atoms with E-state index in [0.29, 0.717) is 12.6 Å². The highest BCUT2D eigenvalue weighted by atomic mass is 16.3. The van der Waals surface area contributed by atoms with Crippen LogP contribution in [0.1, 0.15) is 46.5 Å². The molecule has 0 aromatic carbocycles. The van der Waals surface area contributed by atoms with Crippen LogP contribution in [0.4, 0.5) is 0 Å². The number of aliphatic hydroxyl groups is 1. The molecule has 0 radical (unpaired) electrons. The minimum absolute atomic E-state index is 0.131. The van der Waals surface area contributed by atoms with E-state index in [2.05, 4.69) is 31.4 Å². The molecular weight excluding hydrogens is 228 g/mol. The summed E-state index contributed by atoms with van der Waals surface area (Å²) in [7, 11) is 0. The van der Waals surface area contributed by atoms with Gasteiger partial charge in [0.25, 0.3) is 0 Å². The average Bonchev–Trinajstić information content (AvgIpc) is 2.40. The van der Waals surface area contributed by atoms with Crippen LogP contribution in [0.15, 0.2) is 0 Å². The zero-order valence-electron chi connectivity index (χ0n) is 12.0. The molecule has 0 unspecified atom stereocenters. The second kappa shape index (κ2) is 7.10. The number of rotatable bonds is 6. The lowest BCUT2D eigenvalue weighted by Gasteiger charge is -2.32. The van der Waals surface area contributed by atoms with E-state index in [0.717, 1.165) is 32.2 Å². The maximum Gasteiger partial charge on any atom is 0.223 e. The van der Waals surface area contributed by atoms with Crippen molar-refractivity contribution in [2.24, 2.45) is 11.3 Å². The fourth-order valence-corrected chi connectivity index (χ4v) is 2.57. The smallest absolute Gasteiger partial charge is 0.223 e. The minimum Gasteiger partial charge on any atom is -0.396 e. The summed E-state index contributed by atoms with van der Waals surface area (Å²) in [6.07, 6.45) is 3.61. The lowest BCUT2D eigenvalue weighted by Crippen LogP contribution is -2.46. The van der Waals surface area contributed by atoms with Gasteiger partial charge in [-0.15, -0.1) is 0 Å². The van der Waals surface area contributed by atoms with Gasteiger partial charge in [0.05, 0.1) is 6.61 Å². The molecule has 18 heavy (non-hydrogen) atoms. The maximum absolute atomic E-state index is 12.1. The summed E-state index contributed by atoms with van der Waals surface area (Å²) in [4.78, 5) is 12.1. The topological polar surface area (TPSA) is 61.4 Å². The van der Waals surface area contributed by atoms with Gasteiger partial charge in [0, 0.05) is 23.9 Å². The predicted octanol–water partition coefficient (Wildman–Crippen LogP) is 1.29. The van der Waals surface area contributed by atoms with Crippen LogP contribution < -0.4 is 10.6 Å². The van der Waals surface area contributed by atoms with Gasteiger partial charge < -0.3 is 15.7 Å². The molecular formula is C14H28N2O2. The number of amides is 1. The van der Waals surface area contributed by atoms with E-state index in [1.165, 1.54) is 0 Å². The molecule has 0 spiro atoms. The first-order chi connectivity index (χ1) is 8.56.